The van der Waals surface area contributed by atoms with Crippen molar-refractivity contribution in [2.24, 2.45) is 0 Å². The third-order valence-corrected chi connectivity index (χ3v) is 5.24. The van der Waals surface area contributed by atoms with Crippen LogP contribution in [0.15, 0.2) is 60.8 Å². The first kappa shape index (κ1) is 20.4. The number of carbonyl (C=O) groups is 1. The number of nitrogens with zero attached hydrogens (tertiary/aromatic N) is 2. The number of hydrogen-bond donors (Lipinski definition) is 1. The Balaban J connectivity index is 1.75. The maximum Gasteiger partial charge on any atom is 0.241 e. The van der Waals surface area contributed by atoms with Crippen LogP contribution in [0.5, 0.6) is 0 Å². The molecule has 146 valence electrons. The third-order valence-electron chi connectivity index (χ3n) is 4.74. The summed E-state index contributed by atoms with van der Waals surface area (Å²) in [4.78, 5) is 12.5. The maximum absolute atomic E-state index is 12.5. The van der Waals surface area contributed by atoms with Crippen LogP contribution < -0.4 is 5.32 Å². The van der Waals surface area contributed by atoms with E-state index in [2.05, 4.69) is 10.4 Å². The maximum atomic E-state index is 12.5. The van der Waals surface area contributed by atoms with E-state index in [0.29, 0.717) is 10.0 Å². The summed E-state index contributed by atoms with van der Waals surface area (Å²) >= 11 is 12.1. The number of nitrogens with one attached hydrogen (secondary N) is 1. The second-order valence-electron chi connectivity index (χ2n) is 7.00. The number of benzene rings is 2. The van der Waals surface area contributed by atoms with Gasteiger partial charge in [-0.25, -0.2) is 0 Å². The standard InChI is InChI=1S/C22H23Cl2N3O/c1-15-11-12-27(26-15)14-22(28)25-16(2)21(18-5-9-20(24)10-6-18)13-17-3-7-19(23)8-4-17/h3-12,16,21H,13-14H2,1-2H3,(H,25,28)/t16-,21+/m1/s1. The molecule has 0 aliphatic carbocycles. The van der Waals surface area contributed by atoms with Gasteiger partial charge < -0.3 is 5.32 Å². The minimum absolute atomic E-state index is 0.0642. The van der Waals surface area contributed by atoms with Crippen molar-refractivity contribution in [1.82, 2.24) is 15.1 Å². The van der Waals surface area contributed by atoms with E-state index in [9.17, 15) is 4.79 Å². The number of aromatic nitrogens is 2. The van der Waals surface area contributed by atoms with Crippen molar-refractivity contribution in [2.75, 3.05) is 0 Å². The molecule has 0 aliphatic heterocycles. The van der Waals surface area contributed by atoms with Crippen molar-refractivity contribution in [3.05, 3.63) is 87.7 Å². The highest BCUT2D eigenvalue weighted by Gasteiger charge is 2.22. The van der Waals surface area contributed by atoms with Gasteiger partial charge in [0.2, 0.25) is 5.91 Å². The quantitative estimate of drug-likeness (QED) is 0.587. The number of amides is 1. The second kappa shape index (κ2) is 9.26. The Bertz CT molecular complexity index is 920. The van der Waals surface area contributed by atoms with Gasteiger partial charge in [0, 0.05) is 28.2 Å². The lowest BCUT2D eigenvalue weighted by molar-refractivity contribution is -0.122. The number of halogens is 2. The molecular weight excluding hydrogens is 393 g/mol. The van der Waals surface area contributed by atoms with Crippen LogP contribution in [-0.2, 0) is 17.8 Å². The first-order valence-electron chi connectivity index (χ1n) is 9.20. The van der Waals surface area contributed by atoms with E-state index in [1.165, 1.54) is 0 Å². The Hall–Kier alpha value is -2.30. The van der Waals surface area contributed by atoms with Crippen LogP contribution in [0.1, 0.15) is 29.7 Å². The lowest BCUT2D eigenvalue weighted by Gasteiger charge is -2.26. The van der Waals surface area contributed by atoms with Gasteiger partial charge in [-0.1, -0.05) is 47.5 Å². The molecule has 1 heterocycles. The zero-order chi connectivity index (χ0) is 20.1. The summed E-state index contributed by atoms with van der Waals surface area (Å²) in [5, 5.41) is 8.80. The van der Waals surface area contributed by atoms with Gasteiger partial charge in [0.05, 0.1) is 5.69 Å². The van der Waals surface area contributed by atoms with Crippen molar-refractivity contribution in [1.29, 1.82) is 0 Å². The number of aryl methyl sites for hydroxylation is 1. The van der Waals surface area contributed by atoms with Gasteiger partial charge in [-0.05, 0) is 61.7 Å². The zero-order valence-electron chi connectivity index (χ0n) is 15.9. The first-order chi connectivity index (χ1) is 13.4. The topological polar surface area (TPSA) is 46.9 Å². The highest BCUT2D eigenvalue weighted by atomic mass is 35.5. The van der Waals surface area contributed by atoms with Gasteiger partial charge in [0.25, 0.3) is 0 Å². The van der Waals surface area contributed by atoms with Gasteiger partial charge in [0.1, 0.15) is 6.54 Å². The fourth-order valence-corrected chi connectivity index (χ4v) is 3.52. The minimum Gasteiger partial charge on any atom is -0.351 e. The molecule has 0 radical (unpaired) electrons. The first-order valence-corrected chi connectivity index (χ1v) is 9.95. The molecule has 0 unspecified atom stereocenters. The van der Waals surface area contributed by atoms with E-state index in [0.717, 1.165) is 23.2 Å². The van der Waals surface area contributed by atoms with Crippen molar-refractivity contribution < 1.29 is 4.79 Å². The molecule has 0 saturated heterocycles. The fourth-order valence-electron chi connectivity index (χ4n) is 3.27. The van der Waals surface area contributed by atoms with Crippen LogP contribution >= 0.6 is 23.2 Å². The van der Waals surface area contributed by atoms with E-state index in [4.69, 9.17) is 23.2 Å². The van der Waals surface area contributed by atoms with Gasteiger partial charge in [-0.3, -0.25) is 9.48 Å². The predicted molar refractivity (Wildman–Crippen MR) is 114 cm³/mol. The average Bonchev–Trinajstić information content (AvgIpc) is 3.06. The molecule has 0 fully saturated rings. The highest BCUT2D eigenvalue weighted by Crippen LogP contribution is 2.26. The molecule has 0 aliphatic rings. The smallest absolute Gasteiger partial charge is 0.241 e. The number of hydrogen-bond acceptors (Lipinski definition) is 2. The summed E-state index contributed by atoms with van der Waals surface area (Å²) in [6.07, 6.45) is 2.59. The van der Waals surface area contributed by atoms with E-state index < -0.39 is 0 Å². The molecule has 28 heavy (non-hydrogen) atoms. The van der Waals surface area contributed by atoms with Crippen LogP contribution in [0.2, 0.25) is 10.0 Å². The average molecular weight is 416 g/mol. The third kappa shape index (κ3) is 5.60. The molecule has 0 bridgehead atoms. The lowest BCUT2D eigenvalue weighted by atomic mass is 9.86. The van der Waals surface area contributed by atoms with Crippen LogP contribution in [0.3, 0.4) is 0 Å². The summed E-state index contributed by atoms with van der Waals surface area (Å²) < 4.78 is 1.65. The van der Waals surface area contributed by atoms with Gasteiger partial charge in [0.15, 0.2) is 0 Å². The Morgan fingerprint density at radius 1 is 1.04 bits per heavy atom. The number of rotatable bonds is 7. The molecule has 6 heteroatoms. The second-order valence-corrected chi connectivity index (χ2v) is 7.87. The molecule has 4 nitrogen and oxygen atoms in total. The highest BCUT2D eigenvalue weighted by molar-refractivity contribution is 6.30. The van der Waals surface area contributed by atoms with E-state index >= 15 is 0 Å². The van der Waals surface area contributed by atoms with Crippen LogP contribution in [0.25, 0.3) is 0 Å². The van der Waals surface area contributed by atoms with Gasteiger partial charge in [-0.15, -0.1) is 0 Å². The Labute approximate surface area is 175 Å². The number of carbonyl (C=O) groups excluding carboxylic acids is 1. The van der Waals surface area contributed by atoms with Gasteiger partial charge in [-0.2, -0.15) is 5.10 Å². The van der Waals surface area contributed by atoms with E-state index in [-0.39, 0.29) is 24.4 Å². The predicted octanol–water partition coefficient (Wildman–Crippen LogP) is 5.03. The minimum atomic E-state index is -0.0685. The molecule has 0 spiro atoms. The molecule has 2 aromatic carbocycles. The molecule has 0 saturated carbocycles. The molecule has 1 aromatic heterocycles. The van der Waals surface area contributed by atoms with Crippen molar-refractivity contribution in [2.45, 2.75) is 38.8 Å². The zero-order valence-corrected chi connectivity index (χ0v) is 17.4. The van der Waals surface area contributed by atoms with E-state index in [1.54, 1.807) is 4.68 Å². The summed E-state index contributed by atoms with van der Waals surface area (Å²) in [6, 6.07) is 17.4. The molecular formula is C22H23Cl2N3O. The summed E-state index contributed by atoms with van der Waals surface area (Å²) in [6.45, 7) is 4.13. The van der Waals surface area contributed by atoms with Crippen LogP contribution in [0.4, 0.5) is 0 Å². The van der Waals surface area contributed by atoms with E-state index in [1.807, 2.05) is 74.6 Å². The molecule has 3 aromatic rings. The molecule has 2 atom stereocenters. The largest absolute Gasteiger partial charge is 0.351 e. The fraction of sp³-hybridized carbons (Fsp3) is 0.273. The molecule has 1 N–H and O–H groups in total. The van der Waals surface area contributed by atoms with Crippen LogP contribution in [-0.4, -0.2) is 21.7 Å². The van der Waals surface area contributed by atoms with Crippen LogP contribution in [0, 0.1) is 6.92 Å². The lowest BCUT2D eigenvalue weighted by Crippen LogP contribution is -2.39. The summed E-state index contributed by atoms with van der Waals surface area (Å²) in [7, 11) is 0. The Morgan fingerprint density at radius 2 is 1.64 bits per heavy atom. The van der Waals surface area contributed by atoms with Crippen molar-refractivity contribution in [3.8, 4) is 0 Å². The van der Waals surface area contributed by atoms with Crippen molar-refractivity contribution in [3.63, 3.8) is 0 Å². The monoisotopic (exact) mass is 415 g/mol. The summed E-state index contributed by atoms with van der Waals surface area (Å²) in [5.74, 6) is 0.0346. The Kier molecular flexibility index (Phi) is 6.76. The Morgan fingerprint density at radius 3 is 2.21 bits per heavy atom. The normalized spacial score (nSPS) is 13.1. The molecule has 1 amide bonds. The summed E-state index contributed by atoms with van der Waals surface area (Å²) in [5.41, 5.74) is 3.18. The SMILES string of the molecule is Cc1ccn(CC(=O)N[C@H](C)[C@H](Cc2ccc(Cl)cc2)c2ccc(Cl)cc2)n1. The molecule has 3 rings (SSSR count). The van der Waals surface area contributed by atoms with Crippen molar-refractivity contribution >= 4 is 29.1 Å². The van der Waals surface area contributed by atoms with Gasteiger partial charge >= 0.3 is 0 Å².